The van der Waals surface area contributed by atoms with Crippen LogP contribution in [0.2, 0.25) is 0 Å². The van der Waals surface area contributed by atoms with Gasteiger partial charge in [0.25, 0.3) is 6.47 Å². The number of aliphatic hydroxyl groups is 1. The molecule has 1 aliphatic rings. The first-order valence-electron chi connectivity index (χ1n) is 13.8. The van der Waals surface area contributed by atoms with Gasteiger partial charge >= 0.3 is 0 Å². The molecule has 4 nitrogen and oxygen atoms in total. The number of aliphatic hydroxyl groups excluding tert-OH is 1. The molecule has 0 spiro atoms. The van der Waals surface area contributed by atoms with Gasteiger partial charge < -0.3 is 14.6 Å². The molecule has 0 unspecified atom stereocenters. The maximum atomic E-state index is 14.5. The van der Waals surface area contributed by atoms with Crippen LogP contribution in [0.5, 0.6) is 5.75 Å². The maximum absolute atomic E-state index is 14.5. The summed E-state index contributed by atoms with van der Waals surface area (Å²) in [5.41, 5.74) is 4.11. The molecule has 1 N–H and O–H groups in total. The lowest BCUT2D eigenvalue weighted by molar-refractivity contribution is -0.128. The van der Waals surface area contributed by atoms with Gasteiger partial charge in [0.05, 0.1) is 19.8 Å². The maximum Gasteiger partial charge on any atom is 0.293 e. The molecule has 0 radical (unpaired) electrons. The predicted molar refractivity (Wildman–Crippen MR) is 149 cm³/mol. The molecule has 5 heteroatoms. The van der Waals surface area contributed by atoms with Crippen LogP contribution in [0.4, 0.5) is 4.39 Å². The lowest BCUT2D eigenvalue weighted by atomic mass is 9.77. The van der Waals surface area contributed by atoms with Gasteiger partial charge in [0, 0.05) is 0 Å². The van der Waals surface area contributed by atoms with Crippen molar-refractivity contribution in [2.45, 2.75) is 84.0 Å². The second kappa shape index (κ2) is 17.7. The largest absolute Gasteiger partial charge is 0.491 e. The SMILES string of the molecule is C=C(C)CO.CCCCCC1CCC(c2ccc(-c3ccc(OCCCCOC=O)c(F)c3)cc2)CC1. The summed E-state index contributed by atoms with van der Waals surface area (Å²) < 4.78 is 24.6. The second-order valence-corrected chi connectivity index (χ2v) is 10.1. The number of unbranched alkanes of at least 4 members (excludes halogenated alkanes) is 3. The number of hydrogen-bond donors (Lipinski definition) is 1. The Bertz CT molecular complexity index is 917. The third-order valence-corrected chi connectivity index (χ3v) is 6.96. The lowest BCUT2D eigenvalue weighted by Crippen LogP contribution is -2.13. The molecule has 0 heterocycles. The Kier molecular flexibility index (Phi) is 14.7. The smallest absolute Gasteiger partial charge is 0.293 e. The number of ether oxygens (including phenoxy) is 2. The standard InChI is InChI=1S/C28H37FO3.C4H8O/c1-2-3-4-7-22-8-10-23(11-9-22)24-12-14-25(15-13-24)26-16-17-28(27(29)20-26)32-19-6-5-18-31-21-30;1-4(2)3-5/h12-17,20-23H,2-11,18-19H2,1H3;5H,1,3H2,2H3. The fraction of sp³-hybridized carbons (Fsp3) is 0.531. The molecule has 0 aromatic heterocycles. The molecule has 204 valence electrons. The quantitative estimate of drug-likeness (QED) is 0.157. The average Bonchev–Trinajstić information content (AvgIpc) is 2.92. The summed E-state index contributed by atoms with van der Waals surface area (Å²) in [4.78, 5) is 10.1. The van der Waals surface area contributed by atoms with E-state index in [9.17, 15) is 9.18 Å². The Morgan fingerprint density at radius 3 is 2.24 bits per heavy atom. The Balaban J connectivity index is 0.000000877. The Labute approximate surface area is 222 Å². The fourth-order valence-electron chi connectivity index (χ4n) is 4.73. The normalized spacial score (nSPS) is 16.9. The van der Waals surface area contributed by atoms with Crippen molar-refractivity contribution in [2.75, 3.05) is 19.8 Å². The monoisotopic (exact) mass is 512 g/mol. The van der Waals surface area contributed by atoms with Crippen LogP contribution in [0.3, 0.4) is 0 Å². The van der Waals surface area contributed by atoms with Gasteiger partial charge in [-0.1, -0.05) is 75.1 Å². The number of carbonyl (C=O) groups excluding carboxylic acids is 1. The van der Waals surface area contributed by atoms with Gasteiger partial charge in [-0.05, 0) is 86.1 Å². The van der Waals surface area contributed by atoms with Gasteiger partial charge in [-0.15, -0.1) is 0 Å². The first-order valence-corrected chi connectivity index (χ1v) is 13.8. The predicted octanol–water partition coefficient (Wildman–Crippen LogP) is 8.23. The molecule has 1 fully saturated rings. The molecule has 0 saturated heterocycles. The first-order chi connectivity index (χ1) is 18.0. The Morgan fingerprint density at radius 2 is 1.65 bits per heavy atom. The van der Waals surface area contributed by atoms with Crippen molar-refractivity contribution in [3.8, 4) is 16.9 Å². The zero-order valence-electron chi connectivity index (χ0n) is 22.7. The molecule has 1 aliphatic carbocycles. The van der Waals surface area contributed by atoms with Gasteiger partial charge in [-0.3, -0.25) is 4.79 Å². The van der Waals surface area contributed by atoms with E-state index in [0.29, 0.717) is 38.4 Å². The highest BCUT2D eigenvalue weighted by Crippen LogP contribution is 2.38. The summed E-state index contributed by atoms with van der Waals surface area (Å²) in [6, 6.07) is 13.8. The van der Waals surface area contributed by atoms with Crippen LogP contribution in [-0.2, 0) is 9.53 Å². The lowest BCUT2D eigenvalue weighted by Gasteiger charge is -2.29. The molecule has 0 atom stereocenters. The van der Waals surface area contributed by atoms with Gasteiger partial charge in [0.1, 0.15) is 0 Å². The summed E-state index contributed by atoms with van der Waals surface area (Å²) >= 11 is 0. The van der Waals surface area contributed by atoms with Crippen molar-refractivity contribution >= 4 is 6.47 Å². The van der Waals surface area contributed by atoms with Crippen molar-refractivity contribution in [1.82, 2.24) is 0 Å². The van der Waals surface area contributed by atoms with E-state index in [1.54, 1.807) is 19.1 Å². The van der Waals surface area contributed by atoms with Crippen LogP contribution < -0.4 is 4.74 Å². The van der Waals surface area contributed by atoms with E-state index in [0.717, 1.165) is 22.6 Å². The zero-order valence-corrected chi connectivity index (χ0v) is 22.7. The third-order valence-electron chi connectivity index (χ3n) is 6.96. The summed E-state index contributed by atoms with van der Waals surface area (Å²) in [6.45, 7) is 8.78. The fourth-order valence-corrected chi connectivity index (χ4v) is 4.73. The van der Waals surface area contributed by atoms with Crippen LogP contribution >= 0.6 is 0 Å². The van der Waals surface area contributed by atoms with Crippen molar-refractivity contribution in [3.63, 3.8) is 0 Å². The second-order valence-electron chi connectivity index (χ2n) is 10.1. The molecule has 0 bridgehead atoms. The van der Waals surface area contributed by atoms with Crippen LogP contribution in [0.1, 0.15) is 89.5 Å². The van der Waals surface area contributed by atoms with Crippen molar-refractivity contribution in [1.29, 1.82) is 0 Å². The molecule has 1 saturated carbocycles. The van der Waals surface area contributed by atoms with E-state index in [2.05, 4.69) is 42.5 Å². The Morgan fingerprint density at radius 1 is 1.00 bits per heavy atom. The number of rotatable bonds is 14. The highest BCUT2D eigenvalue weighted by molar-refractivity contribution is 5.64. The minimum absolute atomic E-state index is 0.111. The van der Waals surface area contributed by atoms with Crippen molar-refractivity contribution < 1.29 is 23.8 Å². The summed E-state index contributed by atoms with van der Waals surface area (Å²) in [5, 5.41) is 8.04. The average molecular weight is 513 g/mol. The van der Waals surface area contributed by atoms with Crippen LogP contribution in [-0.4, -0.2) is 31.4 Å². The number of carbonyl (C=O) groups is 1. The number of halogens is 1. The van der Waals surface area contributed by atoms with Crippen LogP contribution in [0.25, 0.3) is 11.1 Å². The minimum atomic E-state index is -0.350. The van der Waals surface area contributed by atoms with Crippen LogP contribution in [0, 0.1) is 11.7 Å². The van der Waals surface area contributed by atoms with Gasteiger partial charge in [0.2, 0.25) is 0 Å². The van der Waals surface area contributed by atoms with E-state index in [4.69, 9.17) is 9.84 Å². The zero-order chi connectivity index (χ0) is 26.9. The topological polar surface area (TPSA) is 55.8 Å². The minimum Gasteiger partial charge on any atom is -0.491 e. The van der Waals surface area contributed by atoms with Gasteiger partial charge in [0.15, 0.2) is 11.6 Å². The summed E-state index contributed by atoms with van der Waals surface area (Å²) in [5.74, 6) is 1.50. The van der Waals surface area contributed by atoms with E-state index in [1.165, 1.54) is 56.9 Å². The Hall–Kier alpha value is -2.66. The van der Waals surface area contributed by atoms with Gasteiger partial charge in [-0.2, -0.15) is 0 Å². The first kappa shape index (κ1) is 30.6. The van der Waals surface area contributed by atoms with E-state index >= 15 is 0 Å². The van der Waals surface area contributed by atoms with E-state index in [-0.39, 0.29) is 18.2 Å². The van der Waals surface area contributed by atoms with Gasteiger partial charge in [-0.25, -0.2) is 4.39 Å². The van der Waals surface area contributed by atoms with E-state index < -0.39 is 0 Å². The number of benzene rings is 2. The highest BCUT2D eigenvalue weighted by Gasteiger charge is 2.22. The molecule has 2 aromatic rings. The summed E-state index contributed by atoms with van der Waals surface area (Å²) in [7, 11) is 0. The molecule has 37 heavy (non-hydrogen) atoms. The molecular weight excluding hydrogens is 467 g/mol. The van der Waals surface area contributed by atoms with E-state index in [1.807, 2.05) is 6.07 Å². The molecule has 0 aliphatic heterocycles. The molecular formula is C32H45FO4. The highest BCUT2D eigenvalue weighted by atomic mass is 19.1. The molecule has 0 amide bonds. The van der Waals surface area contributed by atoms with Crippen LogP contribution in [0.15, 0.2) is 54.6 Å². The molecule has 3 rings (SSSR count). The summed E-state index contributed by atoms with van der Waals surface area (Å²) in [6.07, 6.45) is 12.2. The molecule has 2 aromatic carbocycles. The third kappa shape index (κ3) is 11.5. The number of hydrogen-bond acceptors (Lipinski definition) is 4. The van der Waals surface area contributed by atoms with Crippen molar-refractivity contribution in [3.05, 3.63) is 66.0 Å². The van der Waals surface area contributed by atoms with Crippen molar-refractivity contribution in [2.24, 2.45) is 5.92 Å².